The van der Waals surface area contributed by atoms with Crippen molar-refractivity contribution in [2.75, 3.05) is 18.2 Å². The van der Waals surface area contributed by atoms with Crippen LogP contribution in [0.15, 0.2) is 18.2 Å². The highest BCUT2D eigenvalue weighted by atomic mass is 19.1. The number of hydrogen-bond acceptors (Lipinski definition) is 4. The van der Waals surface area contributed by atoms with Crippen molar-refractivity contribution in [3.8, 4) is 5.75 Å². The Labute approximate surface area is 115 Å². The summed E-state index contributed by atoms with van der Waals surface area (Å²) in [4.78, 5) is 12.1. The Kier molecular flexibility index (Phi) is 3.60. The fraction of sp³-hybridized carbons (Fsp3) is 0.231. The van der Waals surface area contributed by atoms with Gasteiger partial charge in [0.25, 0.3) is 5.91 Å². The van der Waals surface area contributed by atoms with Crippen LogP contribution in [0.1, 0.15) is 16.2 Å². The number of aryl methyl sites for hydroxylation is 2. The number of ether oxygens (including phenoxy) is 1. The van der Waals surface area contributed by atoms with E-state index in [0.29, 0.717) is 17.1 Å². The molecule has 0 aliphatic carbocycles. The number of methoxy groups -OCH3 is 1. The summed E-state index contributed by atoms with van der Waals surface area (Å²) in [7, 11) is 2.99. The number of hydrogen-bond donors (Lipinski definition) is 2. The lowest BCUT2D eigenvalue weighted by atomic mass is 10.2. The molecule has 1 aromatic carbocycles. The van der Waals surface area contributed by atoms with E-state index in [0.717, 1.165) is 0 Å². The Hall–Kier alpha value is -2.57. The van der Waals surface area contributed by atoms with Gasteiger partial charge in [-0.15, -0.1) is 0 Å². The van der Waals surface area contributed by atoms with Crippen molar-refractivity contribution < 1.29 is 13.9 Å². The van der Waals surface area contributed by atoms with Crippen LogP contribution in [-0.4, -0.2) is 22.8 Å². The monoisotopic (exact) mass is 278 g/mol. The molecule has 0 unspecified atom stereocenters. The van der Waals surface area contributed by atoms with Crippen molar-refractivity contribution in [1.29, 1.82) is 0 Å². The molecule has 1 amide bonds. The van der Waals surface area contributed by atoms with Gasteiger partial charge in [0.2, 0.25) is 0 Å². The first kappa shape index (κ1) is 13.9. The van der Waals surface area contributed by atoms with E-state index in [1.165, 1.54) is 23.9 Å². The highest BCUT2D eigenvalue weighted by Crippen LogP contribution is 2.22. The number of halogens is 1. The van der Waals surface area contributed by atoms with Crippen LogP contribution in [0, 0.1) is 12.7 Å². The van der Waals surface area contributed by atoms with Crippen LogP contribution in [0.3, 0.4) is 0 Å². The van der Waals surface area contributed by atoms with E-state index < -0.39 is 11.7 Å². The second-order valence-electron chi connectivity index (χ2n) is 4.27. The number of benzene rings is 1. The maximum atomic E-state index is 13.5. The van der Waals surface area contributed by atoms with Crippen LogP contribution in [0.4, 0.5) is 15.8 Å². The fourth-order valence-corrected chi connectivity index (χ4v) is 1.88. The van der Waals surface area contributed by atoms with E-state index in [4.69, 9.17) is 10.5 Å². The average molecular weight is 278 g/mol. The Morgan fingerprint density at radius 2 is 2.20 bits per heavy atom. The summed E-state index contributed by atoms with van der Waals surface area (Å²) in [5.74, 6) is -0.895. The molecule has 106 valence electrons. The number of carbonyl (C=O) groups is 1. The van der Waals surface area contributed by atoms with Gasteiger partial charge in [-0.25, -0.2) is 4.39 Å². The maximum Gasteiger partial charge on any atom is 0.276 e. The number of anilines is 2. The smallest absolute Gasteiger partial charge is 0.276 e. The van der Waals surface area contributed by atoms with Crippen LogP contribution in [-0.2, 0) is 7.05 Å². The first-order valence-electron chi connectivity index (χ1n) is 5.88. The lowest BCUT2D eigenvalue weighted by Gasteiger charge is -2.08. The summed E-state index contributed by atoms with van der Waals surface area (Å²) in [6.07, 6.45) is 0. The molecular weight excluding hydrogens is 263 g/mol. The number of carbonyl (C=O) groups excluding carboxylic acids is 1. The third kappa shape index (κ3) is 2.42. The van der Waals surface area contributed by atoms with E-state index in [9.17, 15) is 9.18 Å². The van der Waals surface area contributed by atoms with Gasteiger partial charge in [-0.3, -0.25) is 9.48 Å². The molecule has 1 aromatic heterocycles. The average Bonchev–Trinajstić information content (AvgIpc) is 2.63. The van der Waals surface area contributed by atoms with Crippen molar-refractivity contribution in [2.45, 2.75) is 6.92 Å². The van der Waals surface area contributed by atoms with E-state index in [2.05, 4.69) is 10.4 Å². The van der Waals surface area contributed by atoms with Crippen LogP contribution >= 0.6 is 0 Å². The second-order valence-corrected chi connectivity index (χ2v) is 4.27. The molecule has 0 radical (unpaired) electrons. The van der Waals surface area contributed by atoms with Gasteiger partial charge in [0, 0.05) is 18.8 Å². The number of amides is 1. The summed E-state index contributed by atoms with van der Waals surface area (Å²) in [5.41, 5.74) is 7.21. The van der Waals surface area contributed by atoms with Gasteiger partial charge in [0.05, 0.1) is 18.5 Å². The van der Waals surface area contributed by atoms with Gasteiger partial charge in [-0.1, -0.05) is 0 Å². The number of rotatable bonds is 3. The predicted molar refractivity (Wildman–Crippen MR) is 73.3 cm³/mol. The molecular formula is C13H15FN4O2. The van der Waals surface area contributed by atoms with Gasteiger partial charge < -0.3 is 15.8 Å². The summed E-state index contributed by atoms with van der Waals surface area (Å²) in [5, 5.41) is 6.63. The molecule has 2 aromatic rings. The van der Waals surface area contributed by atoms with Gasteiger partial charge >= 0.3 is 0 Å². The minimum Gasteiger partial charge on any atom is -0.494 e. The molecule has 0 bridgehead atoms. The molecule has 0 atom stereocenters. The normalized spacial score (nSPS) is 10.4. The Morgan fingerprint density at radius 1 is 1.50 bits per heavy atom. The highest BCUT2D eigenvalue weighted by Gasteiger charge is 2.18. The predicted octanol–water partition coefficient (Wildman–Crippen LogP) is 1.71. The molecule has 7 heteroatoms. The number of nitrogens with two attached hydrogens (primary N) is 1. The largest absolute Gasteiger partial charge is 0.494 e. The summed E-state index contributed by atoms with van der Waals surface area (Å²) < 4.78 is 19.7. The number of aromatic nitrogens is 2. The maximum absolute atomic E-state index is 13.5. The Balaban J connectivity index is 2.26. The molecule has 0 aliphatic rings. The number of nitrogens with one attached hydrogen (secondary N) is 1. The summed E-state index contributed by atoms with van der Waals surface area (Å²) in [6.45, 7) is 1.71. The standard InChI is InChI=1S/C13H15FN4O2/c1-7-11(15)12(18(2)17-7)13(19)16-8-4-5-10(20-3)9(14)6-8/h4-6H,15H2,1-3H3,(H,16,19). The lowest BCUT2D eigenvalue weighted by molar-refractivity contribution is 0.101. The van der Waals surface area contributed by atoms with E-state index in [-0.39, 0.29) is 11.4 Å². The van der Waals surface area contributed by atoms with E-state index >= 15 is 0 Å². The second kappa shape index (κ2) is 5.20. The third-order valence-electron chi connectivity index (χ3n) is 2.89. The van der Waals surface area contributed by atoms with Crippen molar-refractivity contribution >= 4 is 17.3 Å². The molecule has 0 saturated carbocycles. The quantitative estimate of drug-likeness (QED) is 0.895. The van der Waals surface area contributed by atoms with Gasteiger partial charge in [-0.05, 0) is 19.1 Å². The molecule has 6 nitrogen and oxygen atoms in total. The van der Waals surface area contributed by atoms with Gasteiger partial charge in [0.1, 0.15) is 5.69 Å². The SMILES string of the molecule is COc1ccc(NC(=O)c2c(N)c(C)nn2C)cc1F. The lowest BCUT2D eigenvalue weighted by Crippen LogP contribution is -2.17. The van der Waals surface area contributed by atoms with Crippen molar-refractivity contribution in [3.63, 3.8) is 0 Å². The molecule has 1 heterocycles. The van der Waals surface area contributed by atoms with Crippen LogP contribution in [0.2, 0.25) is 0 Å². The van der Waals surface area contributed by atoms with Gasteiger partial charge in [-0.2, -0.15) is 5.10 Å². The molecule has 3 N–H and O–H groups in total. The zero-order valence-electron chi connectivity index (χ0n) is 11.4. The first-order valence-corrected chi connectivity index (χ1v) is 5.88. The summed E-state index contributed by atoms with van der Waals surface area (Å²) >= 11 is 0. The van der Waals surface area contributed by atoms with E-state index in [1.54, 1.807) is 20.0 Å². The molecule has 2 rings (SSSR count). The van der Waals surface area contributed by atoms with Crippen LogP contribution in [0.25, 0.3) is 0 Å². The van der Waals surface area contributed by atoms with Crippen LogP contribution < -0.4 is 15.8 Å². The first-order chi connectivity index (χ1) is 9.43. The van der Waals surface area contributed by atoms with E-state index in [1.807, 2.05) is 0 Å². The molecule has 0 fully saturated rings. The molecule has 0 saturated heterocycles. The molecule has 20 heavy (non-hydrogen) atoms. The van der Waals surface area contributed by atoms with Crippen molar-refractivity contribution in [2.24, 2.45) is 7.05 Å². The zero-order chi connectivity index (χ0) is 14.9. The van der Waals surface area contributed by atoms with Crippen molar-refractivity contribution in [3.05, 3.63) is 35.4 Å². The minimum absolute atomic E-state index is 0.110. The summed E-state index contributed by atoms with van der Waals surface area (Å²) in [6, 6.07) is 4.15. The Morgan fingerprint density at radius 3 is 2.70 bits per heavy atom. The van der Waals surface area contributed by atoms with Gasteiger partial charge in [0.15, 0.2) is 11.6 Å². The van der Waals surface area contributed by atoms with Crippen molar-refractivity contribution in [1.82, 2.24) is 9.78 Å². The third-order valence-corrected chi connectivity index (χ3v) is 2.89. The number of nitrogen functional groups attached to an aromatic ring is 1. The fourth-order valence-electron chi connectivity index (χ4n) is 1.88. The topological polar surface area (TPSA) is 82.2 Å². The zero-order valence-corrected chi connectivity index (χ0v) is 11.4. The number of nitrogens with zero attached hydrogens (tertiary/aromatic N) is 2. The molecule has 0 spiro atoms. The van der Waals surface area contributed by atoms with Crippen LogP contribution in [0.5, 0.6) is 5.75 Å². The Bertz CT molecular complexity index is 667. The highest BCUT2D eigenvalue weighted by molar-refractivity contribution is 6.06. The minimum atomic E-state index is -0.556. The molecule has 0 aliphatic heterocycles.